The number of amides is 1. The fourth-order valence-corrected chi connectivity index (χ4v) is 2.24. The maximum Gasteiger partial charge on any atom is 0.267 e. The second-order valence-electron chi connectivity index (χ2n) is 5.48. The molecule has 24 heavy (non-hydrogen) atoms. The Bertz CT molecular complexity index is 827. The van der Waals surface area contributed by atoms with Crippen LogP contribution in [0.5, 0.6) is 5.75 Å². The number of methoxy groups -OCH3 is 1. The number of nitrogens with zero attached hydrogens (tertiary/aromatic N) is 3. The molecular formula is C17H19N3O4. The van der Waals surface area contributed by atoms with Gasteiger partial charge in [-0.15, -0.1) is 0 Å². The molecule has 0 saturated heterocycles. The topological polar surface area (TPSA) is 81.5 Å². The summed E-state index contributed by atoms with van der Waals surface area (Å²) in [6.07, 6.45) is 0. The van der Waals surface area contributed by atoms with Crippen LogP contribution in [0.4, 0.5) is 0 Å². The van der Waals surface area contributed by atoms with E-state index in [9.17, 15) is 14.4 Å². The molecule has 126 valence electrons. The van der Waals surface area contributed by atoms with Crippen LogP contribution in [-0.4, -0.2) is 47.6 Å². The summed E-state index contributed by atoms with van der Waals surface area (Å²) < 4.78 is 6.10. The van der Waals surface area contributed by atoms with Crippen molar-refractivity contribution < 1.29 is 14.3 Å². The van der Waals surface area contributed by atoms with Gasteiger partial charge in [0.25, 0.3) is 11.5 Å². The van der Waals surface area contributed by atoms with Crippen LogP contribution in [0.2, 0.25) is 0 Å². The van der Waals surface area contributed by atoms with Crippen LogP contribution in [0.3, 0.4) is 0 Å². The van der Waals surface area contributed by atoms with Gasteiger partial charge in [-0.3, -0.25) is 14.4 Å². The number of hydrogen-bond donors (Lipinski definition) is 0. The molecule has 0 fully saturated rings. The highest BCUT2D eigenvalue weighted by Gasteiger charge is 2.29. The van der Waals surface area contributed by atoms with Crippen molar-refractivity contribution in [1.29, 1.82) is 0 Å². The summed E-state index contributed by atoms with van der Waals surface area (Å²) >= 11 is 0. The molecule has 0 saturated carbocycles. The first-order valence-corrected chi connectivity index (χ1v) is 7.31. The quantitative estimate of drug-likeness (QED) is 0.768. The second-order valence-corrected chi connectivity index (χ2v) is 5.48. The van der Waals surface area contributed by atoms with Crippen molar-refractivity contribution in [2.75, 3.05) is 21.2 Å². The van der Waals surface area contributed by atoms with Crippen LogP contribution >= 0.6 is 0 Å². The molecule has 1 amide bonds. The number of aromatic nitrogens is 2. The number of carbonyl (C=O) groups excluding carboxylic acids is 2. The van der Waals surface area contributed by atoms with Crippen molar-refractivity contribution in [1.82, 2.24) is 14.7 Å². The Kier molecular flexibility index (Phi) is 5.13. The zero-order chi connectivity index (χ0) is 17.9. The average molecular weight is 329 g/mol. The van der Waals surface area contributed by atoms with Crippen molar-refractivity contribution in [2.45, 2.75) is 13.0 Å². The van der Waals surface area contributed by atoms with Gasteiger partial charge in [0.05, 0.1) is 12.8 Å². The number of ketones is 1. The minimum atomic E-state index is -1.28. The van der Waals surface area contributed by atoms with Crippen molar-refractivity contribution in [2.24, 2.45) is 0 Å². The molecule has 1 aromatic carbocycles. The average Bonchev–Trinajstić information content (AvgIpc) is 2.56. The van der Waals surface area contributed by atoms with E-state index in [4.69, 9.17) is 4.74 Å². The molecule has 0 aliphatic carbocycles. The lowest BCUT2D eigenvalue weighted by molar-refractivity contribution is -0.138. The molecule has 0 unspecified atom stereocenters. The van der Waals surface area contributed by atoms with Crippen molar-refractivity contribution in [3.63, 3.8) is 0 Å². The lowest BCUT2D eigenvalue weighted by Crippen LogP contribution is -2.41. The number of benzene rings is 1. The Morgan fingerprint density at radius 1 is 1.21 bits per heavy atom. The zero-order valence-electron chi connectivity index (χ0n) is 14.0. The Hall–Kier alpha value is -2.96. The summed E-state index contributed by atoms with van der Waals surface area (Å²) in [6.45, 7) is 1.26. The first-order chi connectivity index (χ1) is 11.3. The SMILES string of the molecule is COc1cccc(-c2ccc(=O)n([C@@H](C(C)=O)C(=O)N(C)C)n2)c1. The van der Waals surface area contributed by atoms with Crippen LogP contribution in [0.25, 0.3) is 11.3 Å². The summed E-state index contributed by atoms with van der Waals surface area (Å²) in [4.78, 5) is 37.6. The molecule has 1 aromatic heterocycles. The molecule has 0 radical (unpaired) electrons. The van der Waals surface area contributed by atoms with E-state index in [-0.39, 0.29) is 0 Å². The summed E-state index contributed by atoms with van der Waals surface area (Å²) in [6, 6.07) is 8.69. The number of Topliss-reactive ketones (excluding diaryl/α,β-unsaturated/α-hetero) is 1. The first-order valence-electron chi connectivity index (χ1n) is 7.31. The molecule has 1 atom stereocenters. The molecule has 2 aromatic rings. The molecule has 0 N–H and O–H groups in total. The normalized spacial score (nSPS) is 11.7. The lowest BCUT2D eigenvalue weighted by atomic mass is 10.1. The van der Waals surface area contributed by atoms with Gasteiger partial charge in [0.15, 0.2) is 11.8 Å². The number of ether oxygens (including phenoxy) is 1. The smallest absolute Gasteiger partial charge is 0.267 e. The predicted molar refractivity (Wildman–Crippen MR) is 88.9 cm³/mol. The monoisotopic (exact) mass is 329 g/mol. The maximum atomic E-state index is 12.3. The fraction of sp³-hybridized carbons (Fsp3) is 0.294. The van der Waals surface area contributed by atoms with Crippen LogP contribution in [0, 0.1) is 0 Å². The van der Waals surface area contributed by atoms with Gasteiger partial charge < -0.3 is 9.64 Å². The lowest BCUT2D eigenvalue weighted by Gasteiger charge is -2.19. The number of rotatable bonds is 5. The number of carbonyl (C=O) groups is 2. The van der Waals surface area contributed by atoms with Gasteiger partial charge >= 0.3 is 0 Å². The molecule has 0 bridgehead atoms. The van der Waals surface area contributed by atoms with Crippen molar-refractivity contribution in [3.8, 4) is 17.0 Å². The summed E-state index contributed by atoms with van der Waals surface area (Å²) in [5, 5.41) is 4.22. The van der Waals surface area contributed by atoms with E-state index >= 15 is 0 Å². The minimum Gasteiger partial charge on any atom is -0.497 e. The van der Waals surface area contributed by atoms with Crippen molar-refractivity contribution >= 4 is 11.7 Å². The predicted octanol–water partition coefficient (Wildman–Crippen LogP) is 1.14. The van der Waals surface area contributed by atoms with Gasteiger partial charge in [-0.1, -0.05) is 12.1 Å². The number of likely N-dealkylation sites (N-methyl/N-ethyl adjacent to an activating group) is 1. The summed E-state index contributed by atoms with van der Waals surface area (Å²) in [7, 11) is 4.60. The Morgan fingerprint density at radius 3 is 2.50 bits per heavy atom. The van der Waals surface area contributed by atoms with Crippen LogP contribution in [-0.2, 0) is 9.59 Å². The number of hydrogen-bond acceptors (Lipinski definition) is 5. The summed E-state index contributed by atoms with van der Waals surface area (Å²) in [5.41, 5.74) is 0.658. The van der Waals surface area contributed by atoms with E-state index in [2.05, 4.69) is 5.10 Å². The second kappa shape index (κ2) is 7.08. The van der Waals surface area contributed by atoms with Gasteiger partial charge in [-0.25, -0.2) is 4.68 Å². The minimum absolute atomic E-state index is 0.453. The van der Waals surface area contributed by atoms with Crippen molar-refractivity contribution in [3.05, 3.63) is 46.8 Å². The highest BCUT2D eigenvalue weighted by Crippen LogP contribution is 2.21. The highest BCUT2D eigenvalue weighted by molar-refractivity contribution is 6.02. The molecule has 7 heteroatoms. The standard InChI is InChI=1S/C17H19N3O4/c1-11(21)16(17(23)19(2)3)20-15(22)9-8-14(18-20)12-6-5-7-13(10-12)24-4/h5-10,16H,1-4H3/t16-/m0/s1. The van der Waals surface area contributed by atoms with Crippen LogP contribution in [0.15, 0.2) is 41.2 Å². The Balaban J connectivity index is 2.57. The maximum absolute atomic E-state index is 12.3. The Morgan fingerprint density at radius 2 is 1.92 bits per heavy atom. The van der Waals surface area contributed by atoms with E-state index in [1.807, 2.05) is 0 Å². The van der Waals surface area contributed by atoms with E-state index in [0.29, 0.717) is 17.0 Å². The van der Waals surface area contributed by atoms with Gasteiger partial charge in [0, 0.05) is 25.7 Å². The van der Waals surface area contributed by atoms with E-state index < -0.39 is 23.3 Å². The third-order valence-electron chi connectivity index (χ3n) is 3.49. The molecule has 0 aliphatic rings. The largest absolute Gasteiger partial charge is 0.497 e. The van der Waals surface area contributed by atoms with Gasteiger partial charge in [0.1, 0.15) is 5.75 Å². The highest BCUT2D eigenvalue weighted by atomic mass is 16.5. The molecule has 2 rings (SSSR count). The fourth-order valence-electron chi connectivity index (χ4n) is 2.24. The van der Waals surface area contributed by atoms with Crippen LogP contribution < -0.4 is 10.3 Å². The Labute approximate surface area is 139 Å². The molecule has 0 spiro atoms. The molecule has 1 heterocycles. The third-order valence-corrected chi connectivity index (χ3v) is 3.49. The first kappa shape index (κ1) is 17.4. The molecule has 0 aliphatic heterocycles. The van der Waals surface area contributed by atoms with E-state index in [1.165, 1.54) is 32.0 Å². The molecular weight excluding hydrogens is 310 g/mol. The van der Waals surface area contributed by atoms with Gasteiger partial charge in [0.2, 0.25) is 0 Å². The zero-order valence-corrected chi connectivity index (χ0v) is 14.0. The third kappa shape index (κ3) is 3.51. The van der Waals surface area contributed by atoms with Gasteiger partial charge in [-0.2, -0.15) is 5.10 Å². The van der Waals surface area contributed by atoms with Crippen LogP contribution in [0.1, 0.15) is 13.0 Å². The molecule has 7 nitrogen and oxygen atoms in total. The summed E-state index contributed by atoms with van der Waals surface area (Å²) in [5.74, 6) is -0.314. The van der Waals surface area contributed by atoms with E-state index in [0.717, 1.165) is 4.68 Å². The van der Waals surface area contributed by atoms with Gasteiger partial charge in [-0.05, 0) is 25.1 Å². The van der Waals surface area contributed by atoms with E-state index in [1.54, 1.807) is 37.4 Å².